The van der Waals surface area contributed by atoms with E-state index in [1.54, 1.807) is 13.8 Å². The van der Waals surface area contributed by atoms with Crippen LogP contribution in [0.15, 0.2) is 41.3 Å². The molecule has 1 fully saturated rings. The summed E-state index contributed by atoms with van der Waals surface area (Å²) in [6, 6.07) is 10.5. The SMILES string of the molecule is CC(C)(O)c1ccc(N2CCN(S(=O)(=O)c3ccc(N)nc3N)CC2)cc1. The topological polar surface area (TPSA) is 126 Å². The van der Waals surface area contributed by atoms with Crippen molar-refractivity contribution in [1.82, 2.24) is 9.29 Å². The normalized spacial score (nSPS) is 16.5. The summed E-state index contributed by atoms with van der Waals surface area (Å²) >= 11 is 0. The third kappa shape index (κ3) is 4.00. The smallest absolute Gasteiger partial charge is 0.246 e. The fourth-order valence-corrected chi connectivity index (χ4v) is 4.57. The van der Waals surface area contributed by atoms with Crippen LogP contribution in [0.1, 0.15) is 19.4 Å². The minimum absolute atomic E-state index is 0.0142. The van der Waals surface area contributed by atoms with Gasteiger partial charge in [-0.15, -0.1) is 0 Å². The molecule has 1 aliphatic rings. The molecule has 9 heteroatoms. The van der Waals surface area contributed by atoms with Crippen molar-refractivity contribution in [2.75, 3.05) is 42.5 Å². The Morgan fingerprint density at radius 3 is 2.11 bits per heavy atom. The van der Waals surface area contributed by atoms with E-state index in [9.17, 15) is 13.5 Å². The molecule has 0 spiro atoms. The van der Waals surface area contributed by atoms with Gasteiger partial charge in [0.2, 0.25) is 10.0 Å². The van der Waals surface area contributed by atoms with Crippen LogP contribution >= 0.6 is 0 Å². The molecule has 1 aliphatic heterocycles. The van der Waals surface area contributed by atoms with Gasteiger partial charge in [-0.3, -0.25) is 0 Å². The number of rotatable bonds is 4. The Kier molecular flexibility index (Phi) is 5.02. The van der Waals surface area contributed by atoms with Crippen molar-refractivity contribution >= 4 is 27.3 Å². The van der Waals surface area contributed by atoms with Crippen LogP contribution in [0.2, 0.25) is 0 Å². The van der Waals surface area contributed by atoms with E-state index in [1.165, 1.54) is 16.4 Å². The number of hydrogen-bond donors (Lipinski definition) is 3. The van der Waals surface area contributed by atoms with Gasteiger partial charge in [-0.1, -0.05) is 12.1 Å². The molecular weight excluding hydrogens is 366 g/mol. The summed E-state index contributed by atoms with van der Waals surface area (Å²) < 4.78 is 27.1. The minimum Gasteiger partial charge on any atom is -0.386 e. The van der Waals surface area contributed by atoms with Gasteiger partial charge in [0.05, 0.1) is 5.60 Å². The summed E-state index contributed by atoms with van der Waals surface area (Å²) in [4.78, 5) is 5.95. The van der Waals surface area contributed by atoms with E-state index in [2.05, 4.69) is 9.88 Å². The molecule has 8 nitrogen and oxygen atoms in total. The molecule has 0 bridgehead atoms. The molecule has 27 heavy (non-hydrogen) atoms. The van der Waals surface area contributed by atoms with Crippen LogP contribution in [0.25, 0.3) is 0 Å². The molecule has 0 atom stereocenters. The molecule has 5 N–H and O–H groups in total. The zero-order chi connectivity index (χ0) is 19.8. The Morgan fingerprint density at radius 1 is 1.00 bits per heavy atom. The fourth-order valence-electron chi connectivity index (χ4n) is 3.10. The number of pyridine rings is 1. The molecular formula is C18H25N5O3S. The first kappa shape index (κ1) is 19.4. The Morgan fingerprint density at radius 2 is 1.59 bits per heavy atom. The van der Waals surface area contributed by atoms with Gasteiger partial charge in [0.15, 0.2) is 0 Å². The van der Waals surface area contributed by atoms with Crippen molar-refractivity contribution < 1.29 is 13.5 Å². The number of nitrogens with zero attached hydrogens (tertiary/aromatic N) is 3. The maximum absolute atomic E-state index is 12.8. The number of hydrogen-bond acceptors (Lipinski definition) is 7. The van der Waals surface area contributed by atoms with Crippen molar-refractivity contribution in [1.29, 1.82) is 0 Å². The van der Waals surface area contributed by atoms with E-state index in [0.29, 0.717) is 26.2 Å². The molecule has 1 aromatic carbocycles. The number of anilines is 3. The summed E-state index contributed by atoms with van der Waals surface area (Å²) in [6.45, 7) is 5.29. The lowest BCUT2D eigenvalue weighted by Crippen LogP contribution is -2.48. The molecule has 1 saturated heterocycles. The molecule has 2 aromatic rings. The lowest BCUT2D eigenvalue weighted by atomic mass is 9.98. The van der Waals surface area contributed by atoms with Crippen LogP contribution in [0.5, 0.6) is 0 Å². The predicted octanol–water partition coefficient (Wildman–Crippen LogP) is 0.984. The van der Waals surface area contributed by atoms with E-state index in [-0.39, 0.29) is 16.5 Å². The van der Waals surface area contributed by atoms with Gasteiger partial charge in [-0.05, 0) is 43.7 Å². The second-order valence-corrected chi connectivity index (χ2v) is 9.02. The Labute approximate surface area is 159 Å². The summed E-state index contributed by atoms with van der Waals surface area (Å²) in [5, 5.41) is 10.1. The predicted molar refractivity (Wildman–Crippen MR) is 106 cm³/mol. The van der Waals surface area contributed by atoms with Crippen LogP contribution in [-0.2, 0) is 15.6 Å². The molecule has 0 radical (unpaired) electrons. The third-order valence-electron chi connectivity index (χ3n) is 4.70. The zero-order valence-electron chi connectivity index (χ0n) is 15.5. The third-order valence-corrected chi connectivity index (χ3v) is 6.65. The molecule has 0 unspecified atom stereocenters. The molecule has 146 valence electrons. The second-order valence-electron chi connectivity index (χ2n) is 7.12. The lowest BCUT2D eigenvalue weighted by molar-refractivity contribution is 0.0786. The minimum atomic E-state index is -3.71. The summed E-state index contributed by atoms with van der Waals surface area (Å²) in [7, 11) is -3.71. The highest BCUT2D eigenvalue weighted by atomic mass is 32.2. The van der Waals surface area contributed by atoms with Crippen LogP contribution in [0.4, 0.5) is 17.3 Å². The number of piperazine rings is 1. The standard InChI is InChI=1S/C18H25N5O3S/c1-18(2,24)13-3-5-14(6-4-13)22-9-11-23(12-10-22)27(25,26)15-7-8-16(19)21-17(15)20/h3-8,24H,9-12H2,1-2H3,(H4,19,20,21). The largest absolute Gasteiger partial charge is 0.386 e. The van der Waals surface area contributed by atoms with Gasteiger partial charge in [0.1, 0.15) is 16.5 Å². The first-order valence-electron chi connectivity index (χ1n) is 8.69. The molecule has 1 aromatic heterocycles. The number of benzene rings is 1. The second kappa shape index (κ2) is 6.99. The summed E-state index contributed by atoms with van der Waals surface area (Å²) in [5.74, 6) is 0.102. The highest BCUT2D eigenvalue weighted by Gasteiger charge is 2.30. The van der Waals surface area contributed by atoms with Crippen LogP contribution in [0, 0.1) is 0 Å². The molecule has 3 rings (SSSR count). The van der Waals surface area contributed by atoms with Crippen molar-refractivity contribution in [3.8, 4) is 0 Å². The van der Waals surface area contributed by atoms with E-state index in [1.807, 2.05) is 24.3 Å². The van der Waals surface area contributed by atoms with Gasteiger partial charge in [-0.2, -0.15) is 4.31 Å². The van der Waals surface area contributed by atoms with Crippen LogP contribution in [-0.4, -0.2) is 49.0 Å². The van der Waals surface area contributed by atoms with Gasteiger partial charge in [0, 0.05) is 31.9 Å². The highest BCUT2D eigenvalue weighted by molar-refractivity contribution is 7.89. The molecule has 0 saturated carbocycles. The van der Waals surface area contributed by atoms with Crippen LogP contribution < -0.4 is 16.4 Å². The maximum atomic E-state index is 12.8. The first-order chi connectivity index (χ1) is 12.6. The van der Waals surface area contributed by atoms with Gasteiger partial charge >= 0.3 is 0 Å². The van der Waals surface area contributed by atoms with Crippen molar-refractivity contribution in [3.05, 3.63) is 42.0 Å². The number of sulfonamides is 1. The van der Waals surface area contributed by atoms with E-state index < -0.39 is 15.6 Å². The average Bonchev–Trinajstić information content (AvgIpc) is 2.61. The fraction of sp³-hybridized carbons (Fsp3) is 0.389. The molecule has 0 aliphatic carbocycles. The van der Waals surface area contributed by atoms with Gasteiger partial charge in [-0.25, -0.2) is 13.4 Å². The van der Waals surface area contributed by atoms with E-state index >= 15 is 0 Å². The zero-order valence-corrected chi connectivity index (χ0v) is 16.3. The number of aliphatic hydroxyl groups is 1. The maximum Gasteiger partial charge on any atom is 0.246 e. The Balaban J connectivity index is 1.71. The number of nitrogens with two attached hydrogens (primary N) is 2. The molecule has 0 amide bonds. The van der Waals surface area contributed by atoms with Crippen molar-refractivity contribution in [2.24, 2.45) is 0 Å². The van der Waals surface area contributed by atoms with Crippen molar-refractivity contribution in [3.63, 3.8) is 0 Å². The Bertz CT molecular complexity index is 915. The van der Waals surface area contributed by atoms with E-state index in [0.717, 1.165) is 11.3 Å². The highest BCUT2D eigenvalue weighted by Crippen LogP contribution is 2.26. The first-order valence-corrected chi connectivity index (χ1v) is 10.1. The lowest BCUT2D eigenvalue weighted by Gasteiger charge is -2.35. The average molecular weight is 391 g/mol. The van der Waals surface area contributed by atoms with Crippen molar-refractivity contribution in [2.45, 2.75) is 24.3 Å². The van der Waals surface area contributed by atoms with Gasteiger partial charge < -0.3 is 21.5 Å². The number of nitrogen functional groups attached to an aromatic ring is 2. The number of aromatic nitrogens is 1. The Hall–Kier alpha value is -2.36. The van der Waals surface area contributed by atoms with E-state index in [4.69, 9.17) is 11.5 Å². The quantitative estimate of drug-likeness (QED) is 0.709. The summed E-state index contributed by atoms with van der Waals surface area (Å²) in [6.07, 6.45) is 0. The van der Waals surface area contributed by atoms with Crippen LogP contribution in [0.3, 0.4) is 0 Å². The monoisotopic (exact) mass is 391 g/mol. The van der Waals surface area contributed by atoms with Gasteiger partial charge in [0.25, 0.3) is 0 Å². The molecule has 2 heterocycles. The summed E-state index contributed by atoms with van der Waals surface area (Å²) in [5.41, 5.74) is 12.2.